The molecule has 1 aromatic carbocycles. The van der Waals surface area contributed by atoms with E-state index in [4.69, 9.17) is 9.47 Å². The van der Waals surface area contributed by atoms with Crippen LogP contribution in [0.5, 0.6) is 5.75 Å². The number of para-hydroxylation sites is 1. The van der Waals surface area contributed by atoms with Gasteiger partial charge in [0.05, 0.1) is 12.1 Å². The molecule has 0 amide bonds. The number of aryl methyl sites for hydroxylation is 1. The summed E-state index contributed by atoms with van der Waals surface area (Å²) < 4.78 is 14.3. The molecular formula is C20H27N3O2. The van der Waals surface area contributed by atoms with E-state index in [9.17, 15) is 0 Å². The quantitative estimate of drug-likeness (QED) is 0.802. The van der Waals surface area contributed by atoms with Crippen LogP contribution in [0.2, 0.25) is 0 Å². The summed E-state index contributed by atoms with van der Waals surface area (Å²) in [5, 5.41) is 3.83. The highest BCUT2D eigenvalue weighted by Gasteiger charge is 2.47. The summed E-state index contributed by atoms with van der Waals surface area (Å²) in [7, 11) is 2.07. The van der Waals surface area contributed by atoms with Gasteiger partial charge in [0.2, 0.25) is 0 Å². The van der Waals surface area contributed by atoms with Crippen molar-refractivity contribution in [1.29, 1.82) is 0 Å². The number of nitrogens with one attached hydrogen (secondary N) is 1. The van der Waals surface area contributed by atoms with E-state index in [2.05, 4.69) is 21.9 Å². The normalized spacial score (nSPS) is 26.9. The standard InChI is InChI=1S/C20H27N3O2/c1-3-24-17-13-16(19(17)25-15-7-5-4-6-8-15)22-18(14-9-10-14)20-21-11-12-23(20)2/h4-8,11-12,14,16-19,22H,3,9-10,13H2,1-2H3. The van der Waals surface area contributed by atoms with Gasteiger partial charge in [-0.05, 0) is 44.2 Å². The Morgan fingerprint density at radius 3 is 2.72 bits per heavy atom. The minimum absolute atomic E-state index is 0.0452. The van der Waals surface area contributed by atoms with E-state index in [0.717, 1.165) is 24.6 Å². The van der Waals surface area contributed by atoms with Crippen LogP contribution >= 0.6 is 0 Å². The summed E-state index contributed by atoms with van der Waals surface area (Å²) in [6.45, 7) is 2.76. The van der Waals surface area contributed by atoms with Gasteiger partial charge in [0.25, 0.3) is 0 Å². The van der Waals surface area contributed by atoms with Crippen molar-refractivity contribution in [3.05, 3.63) is 48.5 Å². The smallest absolute Gasteiger partial charge is 0.140 e. The van der Waals surface area contributed by atoms with Crippen LogP contribution in [0.25, 0.3) is 0 Å². The molecule has 2 fully saturated rings. The Bertz CT molecular complexity index is 683. The van der Waals surface area contributed by atoms with Gasteiger partial charge in [-0.2, -0.15) is 0 Å². The largest absolute Gasteiger partial charge is 0.486 e. The first kappa shape index (κ1) is 16.6. The Morgan fingerprint density at radius 2 is 2.08 bits per heavy atom. The third-order valence-corrected chi connectivity index (χ3v) is 5.27. The predicted octanol–water partition coefficient (Wildman–Crippen LogP) is 3.09. The molecule has 2 aromatic rings. The molecule has 1 heterocycles. The maximum atomic E-state index is 6.26. The van der Waals surface area contributed by atoms with Crippen LogP contribution in [-0.2, 0) is 11.8 Å². The van der Waals surface area contributed by atoms with Crippen LogP contribution in [0, 0.1) is 5.92 Å². The lowest BCUT2D eigenvalue weighted by molar-refractivity contribution is -0.105. The van der Waals surface area contributed by atoms with E-state index in [1.165, 1.54) is 12.8 Å². The summed E-state index contributed by atoms with van der Waals surface area (Å²) in [6.07, 6.45) is 7.64. The second-order valence-corrected chi connectivity index (χ2v) is 7.11. The van der Waals surface area contributed by atoms with Crippen molar-refractivity contribution in [3.8, 4) is 5.75 Å². The summed E-state index contributed by atoms with van der Waals surface area (Å²) in [6, 6.07) is 10.6. The van der Waals surface area contributed by atoms with E-state index in [1.54, 1.807) is 0 Å². The molecule has 0 saturated heterocycles. The van der Waals surface area contributed by atoms with Crippen molar-refractivity contribution in [1.82, 2.24) is 14.9 Å². The molecule has 0 radical (unpaired) electrons. The van der Waals surface area contributed by atoms with Gasteiger partial charge in [0.15, 0.2) is 0 Å². The van der Waals surface area contributed by atoms with Crippen molar-refractivity contribution in [2.45, 2.75) is 50.5 Å². The number of nitrogens with zero attached hydrogens (tertiary/aromatic N) is 2. The zero-order valence-corrected chi connectivity index (χ0v) is 15.0. The van der Waals surface area contributed by atoms with Gasteiger partial charge >= 0.3 is 0 Å². The summed E-state index contributed by atoms with van der Waals surface area (Å²) in [5.41, 5.74) is 0. The SMILES string of the molecule is CCOC1CC(NC(c2nccn2C)C2CC2)C1Oc1ccccc1. The highest BCUT2D eigenvalue weighted by atomic mass is 16.5. The Labute approximate surface area is 149 Å². The second kappa shape index (κ2) is 7.18. The number of imidazole rings is 1. The Balaban J connectivity index is 1.47. The highest BCUT2D eigenvalue weighted by Crippen LogP contribution is 2.42. The molecule has 25 heavy (non-hydrogen) atoms. The van der Waals surface area contributed by atoms with E-state index in [0.29, 0.717) is 18.0 Å². The maximum Gasteiger partial charge on any atom is 0.140 e. The van der Waals surface area contributed by atoms with Gasteiger partial charge in [-0.1, -0.05) is 18.2 Å². The lowest BCUT2D eigenvalue weighted by Gasteiger charge is -2.45. The van der Waals surface area contributed by atoms with E-state index >= 15 is 0 Å². The monoisotopic (exact) mass is 341 g/mol. The molecule has 4 atom stereocenters. The zero-order valence-electron chi connectivity index (χ0n) is 15.0. The van der Waals surface area contributed by atoms with Crippen molar-refractivity contribution >= 4 is 0 Å². The fraction of sp³-hybridized carbons (Fsp3) is 0.550. The average molecular weight is 341 g/mol. The summed E-state index contributed by atoms with van der Waals surface area (Å²) in [4.78, 5) is 4.58. The molecule has 0 spiro atoms. The molecule has 4 unspecified atom stereocenters. The second-order valence-electron chi connectivity index (χ2n) is 7.11. The third kappa shape index (κ3) is 3.58. The lowest BCUT2D eigenvalue weighted by Crippen LogP contribution is -2.62. The Hall–Kier alpha value is -1.85. The van der Waals surface area contributed by atoms with Gasteiger partial charge in [0, 0.05) is 32.1 Å². The number of aromatic nitrogens is 2. The molecule has 2 aliphatic carbocycles. The summed E-state index contributed by atoms with van der Waals surface area (Å²) in [5.74, 6) is 2.72. The van der Waals surface area contributed by atoms with Crippen LogP contribution in [-0.4, -0.2) is 34.4 Å². The molecular weight excluding hydrogens is 314 g/mol. The number of benzene rings is 1. The highest BCUT2D eigenvalue weighted by molar-refractivity contribution is 5.22. The molecule has 5 nitrogen and oxygen atoms in total. The molecule has 2 saturated carbocycles. The van der Waals surface area contributed by atoms with E-state index in [1.807, 2.05) is 49.6 Å². The van der Waals surface area contributed by atoms with Crippen LogP contribution < -0.4 is 10.1 Å². The molecule has 1 N–H and O–H groups in total. The minimum atomic E-state index is 0.0452. The van der Waals surface area contributed by atoms with Gasteiger partial charge < -0.3 is 19.4 Å². The Kier molecular flexibility index (Phi) is 4.77. The van der Waals surface area contributed by atoms with Crippen LogP contribution in [0.1, 0.15) is 38.1 Å². The van der Waals surface area contributed by atoms with Crippen molar-refractivity contribution < 1.29 is 9.47 Å². The fourth-order valence-corrected chi connectivity index (χ4v) is 3.69. The van der Waals surface area contributed by atoms with Crippen LogP contribution in [0.4, 0.5) is 0 Å². The van der Waals surface area contributed by atoms with Gasteiger partial charge in [-0.25, -0.2) is 4.98 Å². The van der Waals surface area contributed by atoms with Crippen molar-refractivity contribution in [3.63, 3.8) is 0 Å². The Morgan fingerprint density at radius 1 is 1.28 bits per heavy atom. The number of rotatable bonds is 8. The molecule has 134 valence electrons. The minimum Gasteiger partial charge on any atom is -0.486 e. The van der Waals surface area contributed by atoms with Gasteiger partial charge in [-0.15, -0.1) is 0 Å². The molecule has 1 aromatic heterocycles. The topological polar surface area (TPSA) is 48.3 Å². The third-order valence-electron chi connectivity index (χ3n) is 5.27. The first-order valence-corrected chi connectivity index (χ1v) is 9.33. The maximum absolute atomic E-state index is 6.26. The first-order chi connectivity index (χ1) is 12.3. The van der Waals surface area contributed by atoms with Crippen molar-refractivity contribution in [2.75, 3.05) is 6.61 Å². The molecule has 0 bridgehead atoms. The molecule has 4 rings (SSSR count). The predicted molar refractivity (Wildman–Crippen MR) is 96.5 cm³/mol. The number of ether oxygens (including phenoxy) is 2. The van der Waals surface area contributed by atoms with E-state index in [-0.39, 0.29) is 12.2 Å². The van der Waals surface area contributed by atoms with Crippen LogP contribution in [0.3, 0.4) is 0 Å². The van der Waals surface area contributed by atoms with Gasteiger partial charge in [-0.3, -0.25) is 0 Å². The number of hydrogen-bond donors (Lipinski definition) is 1. The molecule has 2 aliphatic rings. The summed E-state index contributed by atoms with van der Waals surface area (Å²) >= 11 is 0. The van der Waals surface area contributed by atoms with Gasteiger partial charge in [0.1, 0.15) is 17.7 Å². The molecule has 5 heteroatoms. The average Bonchev–Trinajstić information content (AvgIpc) is 3.38. The number of hydrogen-bond acceptors (Lipinski definition) is 4. The van der Waals surface area contributed by atoms with E-state index < -0.39 is 0 Å². The van der Waals surface area contributed by atoms with Crippen LogP contribution in [0.15, 0.2) is 42.7 Å². The van der Waals surface area contributed by atoms with Crippen molar-refractivity contribution in [2.24, 2.45) is 13.0 Å². The fourth-order valence-electron chi connectivity index (χ4n) is 3.69. The molecule has 0 aliphatic heterocycles. The first-order valence-electron chi connectivity index (χ1n) is 9.33. The zero-order chi connectivity index (χ0) is 17.2. The lowest BCUT2D eigenvalue weighted by atomic mass is 9.84.